The Morgan fingerprint density at radius 3 is 2.75 bits per heavy atom. The predicted molar refractivity (Wildman–Crippen MR) is 69.6 cm³/mol. The fourth-order valence-electron chi connectivity index (χ4n) is 2.38. The molecule has 2 rings (SSSR count). The standard InChI is InChI=1S/C13H16BrNO/c1-8(2)13-7-10-6-11(14)4-5-12(10)15(13)9(3)16/h4-6,8,13H,7H2,1-3H3/t13-/m1/s1. The Hall–Kier alpha value is -0.830. The minimum Gasteiger partial charge on any atom is -0.309 e. The molecule has 0 saturated carbocycles. The van der Waals surface area contributed by atoms with E-state index in [-0.39, 0.29) is 5.91 Å². The van der Waals surface area contributed by atoms with Crippen molar-refractivity contribution in [3.8, 4) is 0 Å². The molecule has 0 spiro atoms. The van der Waals surface area contributed by atoms with Crippen LogP contribution in [0.3, 0.4) is 0 Å². The molecule has 0 bridgehead atoms. The van der Waals surface area contributed by atoms with Gasteiger partial charge in [0.25, 0.3) is 0 Å². The zero-order valence-electron chi connectivity index (χ0n) is 9.83. The highest BCUT2D eigenvalue weighted by atomic mass is 79.9. The van der Waals surface area contributed by atoms with Crippen molar-refractivity contribution in [2.75, 3.05) is 4.90 Å². The molecule has 0 saturated heterocycles. The molecule has 0 unspecified atom stereocenters. The molecule has 0 radical (unpaired) electrons. The van der Waals surface area contributed by atoms with Gasteiger partial charge < -0.3 is 4.90 Å². The molecule has 1 atom stereocenters. The highest BCUT2D eigenvalue weighted by Gasteiger charge is 2.33. The van der Waals surface area contributed by atoms with Crippen molar-refractivity contribution in [1.82, 2.24) is 0 Å². The van der Waals surface area contributed by atoms with Crippen LogP contribution in [0.25, 0.3) is 0 Å². The molecule has 16 heavy (non-hydrogen) atoms. The predicted octanol–water partition coefficient (Wildman–Crippen LogP) is 3.38. The lowest BCUT2D eigenvalue weighted by molar-refractivity contribution is -0.117. The highest BCUT2D eigenvalue weighted by molar-refractivity contribution is 9.10. The van der Waals surface area contributed by atoms with Crippen molar-refractivity contribution in [2.24, 2.45) is 5.92 Å². The third-order valence-electron chi connectivity index (χ3n) is 3.17. The summed E-state index contributed by atoms with van der Waals surface area (Å²) in [7, 11) is 0. The van der Waals surface area contributed by atoms with Gasteiger partial charge in [-0.05, 0) is 36.1 Å². The first kappa shape index (κ1) is 11.6. The zero-order valence-corrected chi connectivity index (χ0v) is 11.4. The number of halogens is 1. The molecule has 1 aromatic carbocycles. The van der Waals surface area contributed by atoms with Gasteiger partial charge in [0.2, 0.25) is 5.91 Å². The summed E-state index contributed by atoms with van der Waals surface area (Å²) in [6.45, 7) is 5.98. The Balaban J connectivity index is 2.45. The van der Waals surface area contributed by atoms with E-state index in [1.807, 2.05) is 17.0 Å². The summed E-state index contributed by atoms with van der Waals surface area (Å²) >= 11 is 3.48. The Kier molecular flexibility index (Phi) is 3.06. The van der Waals surface area contributed by atoms with Gasteiger partial charge in [-0.1, -0.05) is 29.8 Å². The van der Waals surface area contributed by atoms with Crippen LogP contribution in [-0.4, -0.2) is 11.9 Å². The van der Waals surface area contributed by atoms with Crippen molar-refractivity contribution < 1.29 is 4.79 Å². The van der Waals surface area contributed by atoms with E-state index in [1.165, 1.54) is 5.56 Å². The second-order valence-electron chi connectivity index (χ2n) is 4.68. The number of rotatable bonds is 1. The van der Waals surface area contributed by atoms with Gasteiger partial charge >= 0.3 is 0 Å². The van der Waals surface area contributed by atoms with Gasteiger partial charge in [-0.25, -0.2) is 0 Å². The van der Waals surface area contributed by atoms with Crippen molar-refractivity contribution in [3.05, 3.63) is 28.2 Å². The molecular formula is C13H16BrNO. The highest BCUT2D eigenvalue weighted by Crippen LogP contribution is 2.36. The van der Waals surface area contributed by atoms with E-state index in [0.29, 0.717) is 12.0 Å². The average molecular weight is 282 g/mol. The van der Waals surface area contributed by atoms with E-state index < -0.39 is 0 Å². The monoisotopic (exact) mass is 281 g/mol. The Morgan fingerprint density at radius 2 is 2.19 bits per heavy atom. The third-order valence-corrected chi connectivity index (χ3v) is 3.66. The average Bonchev–Trinajstić information content (AvgIpc) is 2.55. The van der Waals surface area contributed by atoms with E-state index in [1.54, 1.807) is 6.92 Å². The maximum atomic E-state index is 11.7. The summed E-state index contributed by atoms with van der Waals surface area (Å²) in [5, 5.41) is 0. The minimum atomic E-state index is 0.139. The Morgan fingerprint density at radius 1 is 1.50 bits per heavy atom. The lowest BCUT2D eigenvalue weighted by Crippen LogP contribution is -2.39. The molecule has 1 aromatic rings. The topological polar surface area (TPSA) is 20.3 Å². The van der Waals surface area contributed by atoms with Crippen LogP contribution in [-0.2, 0) is 11.2 Å². The quantitative estimate of drug-likeness (QED) is 0.773. The first-order valence-corrected chi connectivity index (χ1v) is 6.38. The van der Waals surface area contributed by atoms with Gasteiger partial charge in [0.15, 0.2) is 0 Å². The summed E-state index contributed by atoms with van der Waals surface area (Å²) in [5.41, 5.74) is 2.35. The molecule has 1 heterocycles. The van der Waals surface area contributed by atoms with Gasteiger partial charge in [0.1, 0.15) is 0 Å². The normalized spacial score (nSPS) is 19.1. The second-order valence-corrected chi connectivity index (χ2v) is 5.59. The Labute approximate surface area is 105 Å². The largest absolute Gasteiger partial charge is 0.309 e. The molecule has 1 aliphatic heterocycles. The van der Waals surface area contributed by atoms with Crippen LogP contribution in [0.2, 0.25) is 0 Å². The van der Waals surface area contributed by atoms with Crippen molar-refractivity contribution in [2.45, 2.75) is 33.2 Å². The first-order valence-electron chi connectivity index (χ1n) is 5.59. The number of fused-ring (bicyclic) bond motifs is 1. The van der Waals surface area contributed by atoms with E-state index in [9.17, 15) is 4.79 Å². The number of hydrogen-bond acceptors (Lipinski definition) is 1. The summed E-state index contributed by atoms with van der Waals surface area (Å²) in [5.74, 6) is 0.620. The first-order chi connectivity index (χ1) is 7.50. The number of anilines is 1. The molecule has 1 amide bonds. The molecule has 86 valence electrons. The lowest BCUT2D eigenvalue weighted by atomic mass is 10.00. The number of amides is 1. The number of carbonyl (C=O) groups excluding carboxylic acids is 1. The van der Waals surface area contributed by atoms with Gasteiger partial charge in [0.05, 0.1) is 0 Å². The lowest BCUT2D eigenvalue weighted by Gasteiger charge is -2.27. The summed E-state index contributed by atoms with van der Waals surface area (Å²) in [4.78, 5) is 13.7. The fourth-order valence-corrected chi connectivity index (χ4v) is 2.79. The van der Waals surface area contributed by atoms with Gasteiger partial charge in [-0.2, -0.15) is 0 Å². The molecule has 0 fully saturated rings. The van der Waals surface area contributed by atoms with Crippen molar-refractivity contribution in [3.63, 3.8) is 0 Å². The maximum Gasteiger partial charge on any atom is 0.224 e. The molecule has 0 N–H and O–H groups in total. The summed E-state index contributed by atoms with van der Waals surface area (Å²) in [6.07, 6.45) is 0.964. The maximum absolute atomic E-state index is 11.7. The Bertz CT molecular complexity index is 428. The minimum absolute atomic E-state index is 0.139. The van der Waals surface area contributed by atoms with Crippen LogP contribution in [0.1, 0.15) is 26.3 Å². The molecule has 0 aromatic heterocycles. The molecule has 0 aliphatic carbocycles. The van der Waals surface area contributed by atoms with Crippen molar-refractivity contribution in [1.29, 1.82) is 0 Å². The smallest absolute Gasteiger partial charge is 0.224 e. The third kappa shape index (κ3) is 1.88. The SMILES string of the molecule is CC(=O)N1c2ccc(Br)cc2C[C@@H]1C(C)C. The molecule has 1 aliphatic rings. The van der Waals surface area contributed by atoms with Crippen LogP contribution in [0, 0.1) is 5.92 Å². The second kappa shape index (κ2) is 4.21. The zero-order chi connectivity index (χ0) is 11.9. The van der Waals surface area contributed by atoms with E-state index in [2.05, 4.69) is 35.8 Å². The number of carbonyl (C=O) groups is 1. The number of nitrogens with zero attached hydrogens (tertiary/aromatic N) is 1. The van der Waals surface area contributed by atoms with Crippen LogP contribution in [0.5, 0.6) is 0 Å². The van der Waals surface area contributed by atoms with E-state index in [0.717, 1.165) is 16.6 Å². The van der Waals surface area contributed by atoms with Crippen LogP contribution in [0.15, 0.2) is 22.7 Å². The van der Waals surface area contributed by atoms with Crippen LogP contribution in [0.4, 0.5) is 5.69 Å². The van der Waals surface area contributed by atoms with Crippen LogP contribution >= 0.6 is 15.9 Å². The van der Waals surface area contributed by atoms with Crippen LogP contribution < -0.4 is 4.90 Å². The van der Waals surface area contributed by atoms with E-state index >= 15 is 0 Å². The molecular weight excluding hydrogens is 266 g/mol. The molecule has 2 nitrogen and oxygen atoms in total. The summed E-state index contributed by atoms with van der Waals surface area (Å²) < 4.78 is 1.08. The number of hydrogen-bond donors (Lipinski definition) is 0. The number of benzene rings is 1. The van der Waals surface area contributed by atoms with Crippen molar-refractivity contribution >= 4 is 27.5 Å². The van der Waals surface area contributed by atoms with Gasteiger partial charge in [-0.15, -0.1) is 0 Å². The van der Waals surface area contributed by atoms with Gasteiger partial charge in [-0.3, -0.25) is 4.79 Å². The fraction of sp³-hybridized carbons (Fsp3) is 0.462. The summed E-state index contributed by atoms with van der Waals surface area (Å²) in [6, 6.07) is 6.45. The van der Waals surface area contributed by atoms with E-state index in [4.69, 9.17) is 0 Å². The van der Waals surface area contributed by atoms with Gasteiger partial charge in [0, 0.05) is 23.1 Å². The molecule has 3 heteroatoms.